The molecule has 1 aliphatic carbocycles. The van der Waals surface area contributed by atoms with Gasteiger partial charge in [0.15, 0.2) is 0 Å². The van der Waals surface area contributed by atoms with Crippen LogP contribution < -0.4 is 5.73 Å². The predicted molar refractivity (Wildman–Crippen MR) is 241 cm³/mol. The monoisotopic (exact) mass is 738 g/mol. The number of allylic oxidation sites excluding steroid dienone is 2. The van der Waals surface area contributed by atoms with Crippen molar-refractivity contribution in [1.82, 2.24) is 0 Å². The normalized spacial score (nSPS) is 14.9. The molecule has 0 spiro atoms. The third kappa shape index (κ3) is 9.94. The Labute approximate surface area is 337 Å². The van der Waals surface area contributed by atoms with Gasteiger partial charge >= 0.3 is 0 Å². The van der Waals surface area contributed by atoms with E-state index in [0.717, 1.165) is 6.42 Å². The molecule has 0 bridgehead atoms. The molecule has 2 atom stereocenters. The molecule has 296 valence electrons. The fourth-order valence-electron chi connectivity index (χ4n) is 9.29. The van der Waals surface area contributed by atoms with E-state index in [9.17, 15) is 0 Å². The lowest BCUT2D eigenvalue weighted by Crippen LogP contribution is -2.35. The summed E-state index contributed by atoms with van der Waals surface area (Å²) in [5, 5.41) is 0. The zero-order valence-corrected chi connectivity index (χ0v) is 36.4. The summed E-state index contributed by atoms with van der Waals surface area (Å²) in [5.74, 6) is 0.515. The average molecular weight is 738 g/mol. The number of nitrogens with two attached hydrogens (primary N) is 1. The third-order valence-electron chi connectivity index (χ3n) is 13.3. The fraction of sp³-hybridized carbons (Fsp3) is 0.519. The van der Waals surface area contributed by atoms with Crippen molar-refractivity contribution in [2.24, 2.45) is 5.73 Å². The van der Waals surface area contributed by atoms with E-state index in [2.05, 4.69) is 153 Å². The molecule has 0 saturated carbocycles. The summed E-state index contributed by atoms with van der Waals surface area (Å²) in [7, 11) is 0. The second kappa shape index (κ2) is 19.1. The molecule has 0 fully saturated rings. The highest BCUT2D eigenvalue weighted by Gasteiger charge is 2.44. The largest absolute Gasteiger partial charge is 0.318 e. The van der Waals surface area contributed by atoms with Crippen LogP contribution in [0.2, 0.25) is 0 Å². The Hall–Kier alpha value is -3.42. The van der Waals surface area contributed by atoms with Gasteiger partial charge in [-0.2, -0.15) is 0 Å². The zero-order chi connectivity index (χ0) is 39.6. The van der Waals surface area contributed by atoms with E-state index in [1.165, 1.54) is 146 Å². The van der Waals surface area contributed by atoms with E-state index >= 15 is 0 Å². The van der Waals surface area contributed by atoms with E-state index in [0.29, 0.717) is 5.92 Å². The van der Waals surface area contributed by atoms with E-state index < -0.39 is 5.54 Å². The number of rotatable bonds is 21. The van der Waals surface area contributed by atoms with Crippen LogP contribution in [0.4, 0.5) is 0 Å². The minimum Gasteiger partial charge on any atom is -0.318 e. The van der Waals surface area contributed by atoms with Crippen LogP contribution in [-0.2, 0) is 16.4 Å². The molecule has 0 saturated heterocycles. The van der Waals surface area contributed by atoms with Gasteiger partial charge in [-0.1, -0.05) is 214 Å². The van der Waals surface area contributed by atoms with Gasteiger partial charge in [0, 0.05) is 10.8 Å². The van der Waals surface area contributed by atoms with Gasteiger partial charge in [0.25, 0.3) is 0 Å². The van der Waals surface area contributed by atoms with Gasteiger partial charge in [0.05, 0.1) is 5.54 Å². The summed E-state index contributed by atoms with van der Waals surface area (Å²) >= 11 is 0. The third-order valence-corrected chi connectivity index (χ3v) is 13.3. The first kappa shape index (κ1) is 42.7. The molecule has 1 heteroatoms. The second-order valence-corrected chi connectivity index (χ2v) is 18.4. The minimum atomic E-state index is -0.577. The van der Waals surface area contributed by atoms with Crippen LogP contribution >= 0.6 is 0 Å². The van der Waals surface area contributed by atoms with Gasteiger partial charge in [-0.15, -0.1) is 0 Å². The molecule has 1 aliphatic rings. The molecule has 2 N–H and O–H groups in total. The molecular formula is C54H75N. The zero-order valence-electron chi connectivity index (χ0n) is 36.4. The second-order valence-electron chi connectivity index (χ2n) is 18.4. The summed E-state index contributed by atoms with van der Waals surface area (Å²) in [6, 6.07) is 33.3. The highest BCUT2D eigenvalue weighted by atomic mass is 14.7. The first-order valence-electron chi connectivity index (χ1n) is 22.2. The summed E-state index contributed by atoms with van der Waals surface area (Å²) in [5.41, 5.74) is 21.9. The highest BCUT2D eigenvalue weighted by molar-refractivity contribution is 5.82. The molecule has 2 unspecified atom stereocenters. The molecule has 55 heavy (non-hydrogen) atoms. The van der Waals surface area contributed by atoms with Crippen LogP contribution in [0, 0.1) is 6.92 Å². The standard InChI is InChI=1S/C54H75N/c1-10-12-14-16-18-20-36-54(37-21-19-17-15-13-11-2)50-38-46(52(7,8)44-30-26-43(27-31-44)42(6)25-22-40(3)4)32-34-48(50)49-35-33-47(39-51(49)54)53(9,55)45-28-23-41(5)24-29-45/h22-24,26-35,38-39,42H,10-21,25,36-37,55H2,1-9H3. The molecule has 0 heterocycles. The maximum Gasteiger partial charge on any atom is 0.0637 e. The van der Waals surface area contributed by atoms with E-state index in [-0.39, 0.29) is 10.8 Å². The van der Waals surface area contributed by atoms with Gasteiger partial charge < -0.3 is 5.73 Å². The lowest BCUT2D eigenvalue weighted by molar-refractivity contribution is 0.396. The van der Waals surface area contributed by atoms with Crippen LogP contribution in [0.3, 0.4) is 0 Å². The van der Waals surface area contributed by atoms with Crippen LogP contribution in [0.25, 0.3) is 11.1 Å². The summed E-state index contributed by atoms with van der Waals surface area (Å²) in [6.07, 6.45) is 21.7. The Bertz CT molecular complexity index is 1810. The molecule has 4 aromatic rings. The summed E-state index contributed by atoms with van der Waals surface area (Å²) < 4.78 is 0. The minimum absolute atomic E-state index is 0.0180. The number of fused-ring (bicyclic) bond motifs is 3. The van der Waals surface area contributed by atoms with Gasteiger partial charge in [0.1, 0.15) is 0 Å². The first-order valence-corrected chi connectivity index (χ1v) is 22.2. The van der Waals surface area contributed by atoms with Crippen molar-refractivity contribution in [3.8, 4) is 11.1 Å². The molecule has 5 rings (SSSR count). The quantitative estimate of drug-likeness (QED) is 0.0669. The lowest BCUT2D eigenvalue weighted by Gasteiger charge is -2.35. The number of unbranched alkanes of at least 4 members (excludes halogenated alkanes) is 10. The van der Waals surface area contributed by atoms with E-state index in [1.807, 2.05) is 0 Å². The van der Waals surface area contributed by atoms with Gasteiger partial charge in [-0.05, 0) is 103 Å². The Morgan fingerprint density at radius 3 is 1.58 bits per heavy atom. The first-order chi connectivity index (χ1) is 26.3. The number of hydrogen-bond acceptors (Lipinski definition) is 1. The smallest absolute Gasteiger partial charge is 0.0637 e. The molecule has 1 nitrogen and oxygen atoms in total. The highest BCUT2D eigenvalue weighted by Crippen LogP contribution is 2.56. The van der Waals surface area contributed by atoms with Crippen molar-refractivity contribution >= 4 is 0 Å². The molecular weight excluding hydrogens is 663 g/mol. The van der Waals surface area contributed by atoms with Crippen molar-refractivity contribution in [3.63, 3.8) is 0 Å². The van der Waals surface area contributed by atoms with Crippen LogP contribution in [-0.4, -0.2) is 0 Å². The van der Waals surface area contributed by atoms with Crippen LogP contribution in [0.15, 0.2) is 96.6 Å². The molecule has 4 aromatic carbocycles. The molecule has 0 aliphatic heterocycles. The SMILES string of the molecule is CCCCCCCCC1(CCCCCCCC)c2cc(C(C)(C)c3ccc(C(C)CC=C(C)C)cc3)ccc2-c2ccc(C(C)(N)c3ccc(C)cc3)cc21. The summed E-state index contributed by atoms with van der Waals surface area (Å²) in [6.45, 7) is 20.6. The Balaban J connectivity index is 1.58. The fourth-order valence-corrected chi connectivity index (χ4v) is 9.29. The van der Waals surface area contributed by atoms with Gasteiger partial charge in [-0.25, -0.2) is 0 Å². The van der Waals surface area contributed by atoms with Crippen molar-refractivity contribution in [2.75, 3.05) is 0 Å². The molecule has 0 radical (unpaired) electrons. The van der Waals surface area contributed by atoms with E-state index in [4.69, 9.17) is 5.73 Å². The lowest BCUT2D eigenvalue weighted by atomic mass is 9.68. The average Bonchev–Trinajstić information content (AvgIpc) is 3.45. The number of aryl methyl sites for hydroxylation is 1. The Kier molecular flexibility index (Phi) is 14.9. The summed E-state index contributed by atoms with van der Waals surface area (Å²) in [4.78, 5) is 0. The van der Waals surface area contributed by atoms with Crippen molar-refractivity contribution in [3.05, 3.63) is 141 Å². The number of benzene rings is 4. The Morgan fingerprint density at radius 1 is 0.600 bits per heavy atom. The van der Waals surface area contributed by atoms with Crippen molar-refractivity contribution < 1.29 is 0 Å². The van der Waals surface area contributed by atoms with Gasteiger partial charge in [0.2, 0.25) is 0 Å². The molecule has 0 amide bonds. The van der Waals surface area contributed by atoms with E-state index in [1.54, 1.807) is 5.56 Å². The number of hydrogen-bond donors (Lipinski definition) is 1. The van der Waals surface area contributed by atoms with Crippen LogP contribution in [0.1, 0.15) is 202 Å². The Morgan fingerprint density at radius 2 is 1.05 bits per heavy atom. The maximum absolute atomic E-state index is 7.34. The van der Waals surface area contributed by atoms with Crippen molar-refractivity contribution in [2.45, 2.75) is 181 Å². The van der Waals surface area contributed by atoms with Gasteiger partial charge in [-0.3, -0.25) is 0 Å². The molecule has 0 aromatic heterocycles. The van der Waals surface area contributed by atoms with Crippen LogP contribution in [0.5, 0.6) is 0 Å². The topological polar surface area (TPSA) is 26.0 Å². The predicted octanol–water partition coefficient (Wildman–Crippen LogP) is 15.8. The van der Waals surface area contributed by atoms with Crippen molar-refractivity contribution in [1.29, 1.82) is 0 Å². The maximum atomic E-state index is 7.34.